The van der Waals surface area contributed by atoms with Crippen molar-refractivity contribution in [1.82, 2.24) is 15.3 Å². The summed E-state index contributed by atoms with van der Waals surface area (Å²) in [6, 6.07) is 12.4. The average Bonchev–Trinajstić information content (AvgIpc) is 2.64. The van der Waals surface area contributed by atoms with Crippen molar-refractivity contribution >= 4 is 5.91 Å². The number of H-pyrrole nitrogens is 1. The quantitative estimate of drug-likeness (QED) is 0.741. The first kappa shape index (κ1) is 17.4. The van der Waals surface area contributed by atoms with Gasteiger partial charge in [0.2, 0.25) is 11.4 Å². The number of aromatic nitrogens is 2. The van der Waals surface area contributed by atoms with E-state index in [1.165, 1.54) is 18.3 Å². The molecule has 0 bridgehead atoms. The zero-order valence-electron chi connectivity index (χ0n) is 14.6. The van der Waals surface area contributed by atoms with Gasteiger partial charge in [0, 0.05) is 30.6 Å². The molecule has 3 aromatic rings. The molecule has 1 amide bonds. The lowest BCUT2D eigenvalue weighted by atomic mass is 10.1. The molecule has 0 radical (unpaired) electrons. The zero-order chi connectivity index (χ0) is 18.5. The predicted molar refractivity (Wildman–Crippen MR) is 98.5 cm³/mol. The lowest BCUT2D eigenvalue weighted by Crippen LogP contribution is -2.24. The van der Waals surface area contributed by atoms with E-state index in [0.717, 1.165) is 22.4 Å². The van der Waals surface area contributed by atoms with Gasteiger partial charge in [-0.15, -0.1) is 0 Å². The van der Waals surface area contributed by atoms with Gasteiger partial charge >= 0.3 is 0 Å². The van der Waals surface area contributed by atoms with Crippen molar-refractivity contribution in [2.45, 2.75) is 20.4 Å². The van der Waals surface area contributed by atoms with Crippen LogP contribution in [-0.2, 0) is 6.54 Å². The van der Waals surface area contributed by atoms with Crippen LogP contribution in [0.25, 0.3) is 0 Å². The van der Waals surface area contributed by atoms with Crippen molar-refractivity contribution in [3.63, 3.8) is 0 Å². The molecule has 3 rings (SSSR count). The number of aromatic amines is 1. The predicted octanol–water partition coefficient (Wildman–Crippen LogP) is 3.11. The van der Waals surface area contributed by atoms with Gasteiger partial charge < -0.3 is 15.0 Å². The van der Waals surface area contributed by atoms with Gasteiger partial charge in [0.05, 0.1) is 5.56 Å². The Balaban J connectivity index is 1.76. The molecule has 0 fully saturated rings. The van der Waals surface area contributed by atoms with E-state index in [1.807, 2.05) is 38.1 Å². The summed E-state index contributed by atoms with van der Waals surface area (Å²) in [5, 5.41) is 2.81. The van der Waals surface area contributed by atoms with Crippen LogP contribution in [0.1, 0.15) is 27.0 Å². The maximum atomic E-state index is 12.2. The molecule has 0 spiro atoms. The molecule has 0 unspecified atom stereocenters. The third-order valence-corrected chi connectivity index (χ3v) is 3.94. The molecule has 0 atom stereocenters. The number of amides is 1. The monoisotopic (exact) mass is 349 g/mol. The van der Waals surface area contributed by atoms with E-state index >= 15 is 0 Å². The van der Waals surface area contributed by atoms with E-state index < -0.39 is 0 Å². The third kappa shape index (κ3) is 3.97. The SMILES string of the molecule is Cc1cccc(C)c1Oc1ncccc1CNC(=O)c1ccc(=O)[nH]c1. The van der Waals surface area contributed by atoms with Gasteiger partial charge in [-0.2, -0.15) is 0 Å². The summed E-state index contributed by atoms with van der Waals surface area (Å²) in [6.07, 6.45) is 3.03. The fourth-order valence-electron chi connectivity index (χ4n) is 2.54. The number of hydrogen-bond acceptors (Lipinski definition) is 4. The van der Waals surface area contributed by atoms with Gasteiger partial charge in [0.1, 0.15) is 5.75 Å². The van der Waals surface area contributed by atoms with Gasteiger partial charge in [0.15, 0.2) is 0 Å². The van der Waals surface area contributed by atoms with Crippen LogP contribution < -0.4 is 15.6 Å². The topological polar surface area (TPSA) is 84.1 Å². The van der Waals surface area contributed by atoms with Crippen molar-refractivity contribution in [1.29, 1.82) is 0 Å². The maximum Gasteiger partial charge on any atom is 0.253 e. The molecule has 0 saturated heterocycles. The number of nitrogens with zero attached hydrogens (tertiary/aromatic N) is 1. The van der Waals surface area contributed by atoms with E-state index in [1.54, 1.807) is 12.3 Å². The lowest BCUT2D eigenvalue weighted by molar-refractivity contribution is 0.0950. The molecule has 0 saturated carbocycles. The number of aryl methyl sites for hydroxylation is 2. The highest BCUT2D eigenvalue weighted by atomic mass is 16.5. The van der Waals surface area contributed by atoms with Crippen LogP contribution >= 0.6 is 0 Å². The Bertz CT molecular complexity index is 955. The lowest BCUT2D eigenvalue weighted by Gasteiger charge is -2.14. The smallest absolute Gasteiger partial charge is 0.253 e. The van der Waals surface area contributed by atoms with Crippen molar-refractivity contribution < 1.29 is 9.53 Å². The average molecular weight is 349 g/mol. The Hall–Kier alpha value is -3.41. The highest BCUT2D eigenvalue weighted by Gasteiger charge is 2.12. The van der Waals surface area contributed by atoms with Gasteiger partial charge in [-0.05, 0) is 37.1 Å². The molecule has 0 aliphatic rings. The molecule has 26 heavy (non-hydrogen) atoms. The number of nitrogens with one attached hydrogen (secondary N) is 2. The van der Waals surface area contributed by atoms with E-state index in [-0.39, 0.29) is 18.0 Å². The van der Waals surface area contributed by atoms with E-state index in [4.69, 9.17) is 4.74 Å². The molecule has 1 aromatic carbocycles. The molecule has 2 aromatic heterocycles. The number of rotatable bonds is 5. The molecule has 0 aliphatic heterocycles. The van der Waals surface area contributed by atoms with Crippen LogP contribution in [-0.4, -0.2) is 15.9 Å². The second-order valence-electron chi connectivity index (χ2n) is 5.91. The number of carbonyl (C=O) groups excluding carboxylic acids is 1. The Labute approximate surface area is 150 Å². The molecule has 2 N–H and O–H groups in total. The van der Waals surface area contributed by atoms with Gasteiger partial charge in [-0.3, -0.25) is 9.59 Å². The molecule has 2 heterocycles. The molecular weight excluding hydrogens is 330 g/mol. The van der Waals surface area contributed by atoms with Crippen LogP contribution in [0.5, 0.6) is 11.6 Å². The minimum Gasteiger partial charge on any atom is -0.438 e. The second kappa shape index (κ2) is 7.65. The van der Waals surface area contributed by atoms with Gasteiger partial charge in [-0.25, -0.2) is 4.98 Å². The van der Waals surface area contributed by atoms with Crippen molar-refractivity contribution in [2.24, 2.45) is 0 Å². The highest BCUT2D eigenvalue weighted by Crippen LogP contribution is 2.29. The van der Waals surface area contributed by atoms with Gasteiger partial charge in [-0.1, -0.05) is 24.3 Å². The van der Waals surface area contributed by atoms with Gasteiger partial charge in [0.25, 0.3) is 5.91 Å². The Morgan fingerprint density at radius 1 is 1.12 bits per heavy atom. The molecule has 132 valence electrons. The van der Waals surface area contributed by atoms with Crippen molar-refractivity contribution in [3.05, 3.63) is 87.5 Å². The molecule has 6 heteroatoms. The summed E-state index contributed by atoms with van der Waals surface area (Å²) in [7, 11) is 0. The van der Waals surface area contributed by atoms with E-state index in [0.29, 0.717) is 11.4 Å². The third-order valence-electron chi connectivity index (χ3n) is 3.94. The number of hydrogen-bond donors (Lipinski definition) is 2. The number of carbonyl (C=O) groups is 1. The van der Waals surface area contributed by atoms with Crippen LogP contribution in [0.3, 0.4) is 0 Å². The molecule has 6 nitrogen and oxygen atoms in total. The summed E-state index contributed by atoms with van der Waals surface area (Å²) in [5.41, 5.74) is 2.91. The molecule has 0 aliphatic carbocycles. The van der Waals surface area contributed by atoms with Crippen molar-refractivity contribution in [2.75, 3.05) is 0 Å². The maximum absolute atomic E-state index is 12.2. The Kier molecular flexibility index (Phi) is 5.12. The number of pyridine rings is 2. The van der Waals surface area contributed by atoms with Crippen LogP contribution in [0.2, 0.25) is 0 Å². The summed E-state index contributed by atoms with van der Waals surface area (Å²) >= 11 is 0. The first-order valence-corrected chi connectivity index (χ1v) is 8.19. The molecular formula is C20H19N3O3. The van der Waals surface area contributed by atoms with E-state index in [2.05, 4.69) is 15.3 Å². The second-order valence-corrected chi connectivity index (χ2v) is 5.91. The summed E-state index contributed by atoms with van der Waals surface area (Å²) in [6.45, 7) is 4.21. The number of benzene rings is 1. The summed E-state index contributed by atoms with van der Waals surface area (Å²) in [5.74, 6) is 0.925. The standard InChI is InChI=1S/C20H19N3O3/c1-13-5-3-6-14(2)18(13)26-20-16(7-4-10-21-20)12-23-19(25)15-8-9-17(24)22-11-15/h3-11H,12H2,1-2H3,(H,22,24)(H,23,25). The zero-order valence-corrected chi connectivity index (χ0v) is 14.6. The van der Waals surface area contributed by atoms with Crippen molar-refractivity contribution in [3.8, 4) is 11.6 Å². The first-order chi connectivity index (χ1) is 12.5. The minimum absolute atomic E-state index is 0.252. The number of ether oxygens (including phenoxy) is 1. The van der Waals surface area contributed by atoms with Crippen LogP contribution in [0, 0.1) is 13.8 Å². The first-order valence-electron chi connectivity index (χ1n) is 8.19. The number of para-hydroxylation sites is 1. The fourth-order valence-corrected chi connectivity index (χ4v) is 2.54. The Morgan fingerprint density at radius 3 is 2.58 bits per heavy atom. The van der Waals surface area contributed by atoms with Crippen LogP contribution in [0.15, 0.2) is 59.7 Å². The Morgan fingerprint density at radius 2 is 1.88 bits per heavy atom. The summed E-state index contributed by atoms with van der Waals surface area (Å²) in [4.78, 5) is 30.1. The summed E-state index contributed by atoms with van der Waals surface area (Å²) < 4.78 is 6.01. The minimum atomic E-state index is -0.289. The fraction of sp³-hybridized carbons (Fsp3) is 0.150. The largest absolute Gasteiger partial charge is 0.438 e. The van der Waals surface area contributed by atoms with E-state index in [9.17, 15) is 9.59 Å². The van der Waals surface area contributed by atoms with Crippen LogP contribution in [0.4, 0.5) is 0 Å². The normalized spacial score (nSPS) is 10.4. The highest BCUT2D eigenvalue weighted by molar-refractivity contribution is 5.93.